The van der Waals surface area contributed by atoms with Gasteiger partial charge in [-0.3, -0.25) is 0 Å². The van der Waals surface area contributed by atoms with Crippen LogP contribution in [0.1, 0.15) is 5.56 Å². The summed E-state index contributed by atoms with van der Waals surface area (Å²) >= 11 is 11.7. The highest BCUT2D eigenvalue weighted by Crippen LogP contribution is 2.24. The Bertz CT molecular complexity index is 538. The molecule has 16 heavy (non-hydrogen) atoms. The summed E-state index contributed by atoms with van der Waals surface area (Å²) in [6, 6.07) is 11.1. The van der Waals surface area contributed by atoms with Crippen LogP contribution in [0.3, 0.4) is 0 Å². The van der Waals surface area contributed by atoms with E-state index in [2.05, 4.69) is 9.97 Å². The van der Waals surface area contributed by atoms with Crippen LogP contribution in [-0.4, -0.2) is 9.97 Å². The van der Waals surface area contributed by atoms with Crippen molar-refractivity contribution in [2.24, 2.45) is 0 Å². The Balaban J connectivity index is 2.58. The maximum atomic E-state index is 8.76. The van der Waals surface area contributed by atoms with Gasteiger partial charge in [0.15, 0.2) is 16.1 Å². The van der Waals surface area contributed by atoms with Gasteiger partial charge in [-0.1, -0.05) is 53.5 Å². The molecular formula is C11H5Cl2N3. The second-order valence-corrected chi connectivity index (χ2v) is 3.70. The van der Waals surface area contributed by atoms with Gasteiger partial charge in [0, 0.05) is 5.56 Å². The molecule has 0 radical (unpaired) electrons. The zero-order valence-corrected chi connectivity index (χ0v) is 9.50. The molecule has 2 aromatic rings. The van der Waals surface area contributed by atoms with Gasteiger partial charge in [-0.2, -0.15) is 5.26 Å². The van der Waals surface area contributed by atoms with Gasteiger partial charge in [-0.15, -0.1) is 0 Å². The second kappa shape index (κ2) is 4.48. The summed E-state index contributed by atoms with van der Waals surface area (Å²) in [5.41, 5.74) is 0.902. The quantitative estimate of drug-likeness (QED) is 0.729. The molecule has 3 nitrogen and oxygen atoms in total. The topological polar surface area (TPSA) is 49.6 Å². The zero-order chi connectivity index (χ0) is 11.5. The SMILES string of the molecule is N#Cc1c(Cl)nc(-c2ccccc2)nc1Cl. The standard InChI is InChI=1S/C11H5Cl2N3/c12-9-8(6-14)10(13)16-11(15-9)7-4-2-1-3-5-7/h1-5H. The first-order valence-electron chi connectivity index (χ1n) is 4.41. The van der Waals surface area contributed by atoms with Crippen molar-refractivity contribution in [2.45, 2.75) is 0 Å². The maximum Gasteiger partial charge on any atom is 0.162 e. The predicted octanol–water partition coefficient (Wildman–Crippen LogP) is 3.32. The normalized spacial score (nSPS) is 9.81. The van der Waals surface area contributed by atoms with E-state index in [-0.39, 0.29) is 15.9 Å². The number of hydrogen-bond donors (Lipinski definition) is 0. The van der Waals surface area contributed by atoms with E-state index < -0.39 is 0 Å². The Kier molecular flexibility index (Phi) is 3.04. The first-order chi connectivity index (χ1) is 7.72. The number of nitriles is 1. The summed E-state index contributed by atoms with van der Waals surface area (Å²) in [5.74, 6) is 0.412. The Morgan fingerprint density at radius 2 is 1.56 bits per heavy atom. The lowest BCUT2D eigenvalue weighted by atomic mass is 10.2. The molecule has 1 heterocycles. The van der Waals surface area contributed by atoms with Crippen molar-refractivity contribution in [1.82, 2.24) is 9.97 Å². The largest absolute Gasteiger partial charge is 0.215 e. The molecule has 1 aromatic heterocycles. The lowest BCUT2D eigenvalue weighted by Crippen LogP contribution is -1.94. The molecule has 78 valence electrons. The molecule has 0 atom stereocenters. The Hall–Kier alpha value is -1.63. The second-order valence-electron chi connectivity index (χ2n) is 2.98. The van der Waals surface area contributed by atoms with Crippen LogP contribution < -0.4 is 0 Å². The molecular weight excluding hydrogens is 245 g/mol. The third-order valence-corrected chi connectivity index (χ3v) is 2.51. The van der Waals surface area contributed by atoms with E-state index in [1.54, 1.807) is 0 Å². The lowest BCUT2D eigenvalue weighted by molar-refractivity contribution is 1.16. The highest BCUT2D eigenvalue weighted by molar-refractivity contribution is 6.35. The molecule has 0 unspecified atom stereocenters. The van der Waals surface area contributed by atoms with Gasteiger partial charge < -0.3 is 0 Å². The summed E-state index contributed by atoms with van der Waals surface area (Å²) in [6.07, 6.45) is 0. The summed E-state index contributed by atoms with van der Waals surface area (Å²) in [4.78, 5) is 8.04. The first-order valence-corrected chi connectivity index (χ1v) is 5.16. The van der Waals surface area contributed by atoms with Crippen LogP contribution in [0.4, 0.5) is 0 Å². The summed E-state index contributed by atoms with van der Waals surface area (Å²) in [6.45, 7) is 0. The van der Waals surface area contributed by atoms with Gasteiger partial charge in [0.05, 0.1) is 0 Å². The molecule has 0 aliphatic carbocycles. The third-order valence-electron chi connectivity index (χ3n) is 1.96. The van der Waals surface area contributed by atoms with Crippen molar-refractivity contribution in [2.75, 3.05) is 0 Å². The van der Waals surface area contributed by atoms with Gasteiger partial charge in [0.1, 0.15) is 11.6 Å². The highest BCUT2D eigenvalue weighted by Gasteiger charge is 2.11. The van der Waals surface area contributed by atoms with Crippen LogP contribution >= 0.6 is 23.2 Å². The number of benzene rings is 1. The number of aromatic nitrogens is 2. The van der Waals surface area contributed by atoms with Crippen LogP contribution in [-0.2, 0) is 0 Å². The monoisotopic (exact) mass is 249 g/mol. The molecule has 0 saturated carbocycles. The number of rotatable bonds is 1. The molecule has 0 spiro atoms. The Morgan fingerprint density at radius 3 is 2.06 bits per heavy atom. The average Bonchev–Trinajstić information content (AvgIpc) is 2.30. The fourth-order valence-electron chi connectivity index (χ4n) is 1.22. The molecule has 0 aliphatic heterocycles. The minimum absolute atomic E-state index is 0.0707. The Labute approximate surface area is 102 Å². The van der Waals surface area contributed by atoms with Crippen molar-refractivity contribution in [3.05, 3.63) is 46.2 Å². The van der Waals surface area contributed by atoms with Crippen molar-refractivity contribution >= 4 is 23.2 Å². The third kappa shape index (κ3) is 1.99. The minimum Gasteiger partial charge on any atom is -0.215 e. The van der Waals surface area contributed by atoms with Crippen LogP contribution in [0.25, 0.3) is 11.4 Å². The smallest absolute Gasteiger partial charge is 0.162 e. The van der Waals surface area contributed by atoms with Crippen molar-refractivity contribution in [3.63, 3.8) is 0 Å². The summed E-state index contributed by atoms with van der Waals surface area (Å²) in [7, 11) is 0. The van der Waals surface area contributed by atoms with E-state index >= 15 is 0 Å². The van der Waals surface area contributed by atoms with Crippen molar-refractivity contribution in [1.29, 1.82) is 5.26 Å². The first kappa shape index (κ1) is 10.9. The number of nitrogens with zero attached hydrogens (tertiary/aromatic N) is 3. The molecule has 5 heteroatoms. The highest BCUT2D eigenvalue weighted by atomic mass is 35.5. The average molecular weight is 250 g/mol. The van der Waals surface area contributed by atoms with E-state index in [1.165, 1.54) is 0 Å². The van der Waals surface area contributed by atoms with Gasteiger partial charge in [0.25, 0.3) is 0 Å². The van der Waals surface area contributed by atoms with Crippen LogP contribution in [0.15, 0.2) is 30.3 Å². The fraction of sp³-hybridized carbons (Fsp3) is 0. The Morgan fingerprint density at radius 1 is 1.00 bits per heavy atom. The minimum atomic E-state index is 0.0707. The molecule has 0 N–H and O–H groups in total. The van der Waals surface area contributed by atoms with Crippen molar-refractivity contribution in [3.8, 4) is 17.5 Å². The molecule has 0 amide bonds. The molecule has 2 rings (SSSR count). The van der Waals surface area contributed by atoms with E-state index in [1.807, 2.05) is 36.4 Å². The number of halogens is 2. The van der Waals surface area contributed by atoms with E-state index in [0.29, 0.717) is 5.82 Å². The van der Waals surface area contributed by atoms with Crippen molar-refractivity contribution < 1.29 is 0 Å². The number of hydrogen-bond acceptors (Lipinski definition) is 3. The molecule has 0 fully saturated rings. The summed E-state index contributed by atoms with van der Waals surface area (Å²) < 4.78 is 0. The molecule has 0 bridgehead atoms. The van der Waals surface area contributed by atoms with Gasteiger partial charge in [0.2, 0.25) is 0 Å². The van der Waals surface area contributed by atoms with Crippen LogP contribution in [0.5, 0.6) is 0 Å². The summed E-state index contributed by atoms with van der Waals surface area (Å²) in [5, 5.41) is 8.90. The van der Waals surface area contributed by atoms with Gasteiger partial charge >= 0.3 is 0 Å². The van der Waals surface area contributed by atoms with E-state index in [4.69, 9.17) is 28.5 Å². The fourth-order valence-corrected chi connectivity index (χ4v) is 1.69. The van der Waals surface area contributed by atoms with Gasteiger partial charge in [-0.05, 0) is 0 Å². The lowest BCUT2D eigenvalue weighted by Gasteiger charge is -2.02. The molecule has 0 aliphatic rings. The van der Waals surface area contributed by atoms with Crippen LogP contribution in [0.2, 0.25) is 10.3 Å². The predicted molar refractivity (Wildman–Crippen MR) is 62.2 cm³/mol. The van der Waals surface area contributed by atoms with Gasteiger partial charge in [-0.25, -0.2) is 9.97 Å². The van der Waals surface area contributed by atoms with E-state index in [9.17, 15) is 0 Å². The molecule has 1 aromatic carbocycles. The van der Waals surface area contributed by atoms with E-state index in [0.717, 1.165) is 5.56 Å². The zero-order valence-electron chi connectivity index (χ0n) is 7.98. The molecule has 0 saturated heterocycles. The van der Waals surface area contributed by atoms with Crippen LogP contribution in [0, 0.1) is 11.3 Å². The maximum absolute atomic E-state index is 8.76.